The molecular formula is C21H17ClO2. The van der Waals surface area contributed by atoms with Crippen molar-refractivity contribution in [2.45, 2.75) is 13.8 Å². The minimum Gasteiger partial charge on any atom is -0.465 e. The molecule has 3 aromatic carbocycles. The van der Waals surface area contributed by atoms with Crippen molar-refractivity contribution in [3.8, 4) is 5.75 Å². The highest BCUT2D eigenvalue weighted by molar-refractivity contribution is 6.32. The van der Waals surface area contributed by atoms with E-state index < -0.39 is 0 Å². The molecule has 3 heteroatoms. The third kappa shape index (κ3) is 3.34. The summed E-state index contributed by atoms with van der Waals surface area (Å²) >= 11 is 6.14. The summed E-state index contributed by atoms with van der Waals surface area (Å²) < 4.78 is 5.57. The number of hydrogen-bond acceptors (Lipinski definition) is 2. The highest BCUT2D eigenvalue weighted by atomic mass is 35.5. The summed E-state index contributed by atoms with van der Waals surface area (Å²) in [7, 11) is 0. The summed E-state index contributed by atoms with van der Waals surface area (Å²) in [5, 5.41) is 2.72. The van der Waals surface area contributed by atoms with Crippen molar-refractivity contribution in [3.05, 3.63) is 88.6 Å². The first-order chi connectivity index (χ1) is 11.6. The molecule has 0 saturated heterocycles. The molecule has 0 heterocycles. The largest absolute Gasteiger partial charge is 0.465 e. The highest BCUT2D eigenvalue weighted by Crippen LogP contribution is 2.26. The molecule has 0 aliphatic rings. The summed E-state index contributed by atoms with van der Waals surface area (Å²) in [5.41, 5.74) is 2.55. The van der Waals surface area contributed by atoms with Crippen LogP contribution in [0.2, 0.25) is 5.02 Å². The Morgan fingerprint density at radius 1 is 1.00 bits per heavy atom. The number of fused-ring (bicyclic) bond motifs is 1. The fourth-order valence-electron chi connectivity index (χ4n) is 2.68. The Hall–Kier alpha value is -2.58. The maximum absolute atomic E-state index is 12.4. The van der Waals surface area contributed by atoms with Gasteiger partial charge in [-0.05, 0) is 47.9 Å². The van der Waals surface area contributed by atoms with E-state index in [9.17, 15) is 4.79 Å². The standard InChI is InChI=1S/C21H17ClO2/c1-14-12-17(13-15(2)21(14)22)24-11-10-20(23)19-9-5-7-16-6-3-4-8-18(16)19/h3-13H,1-2H3/b11-10+. The summed E-state index contributed by atoms with van der Waals surface area (Å²) in [4.78, 5) is 12.4. The molecule has 0 spiro atoms. The van der Waals surface area contributed by atoms with Gasteiger partial charge in [0.05, 0.1) is 6.26 Å². The normalized spacial score (nSPS) is 11.1. The van der Waals surface area contributed by atoms with E-state index in [0.29, 0.717) is 11.3 Å². The molecule has 3 aromatic rings. The molecule has 0 amide bonds. The Labute approximate surface area is 146 Å². The van der Waals surface area contributed by atoms with Gasteiger partial charge in [-0.3, -0.25) is 4.79 Å². The van der Waals surface area contributed by atoms with Crippen molar-refractivity contribution in [2.75, 3.05) is 0 Å². The quantitative estimate of drug-likeness (QED) is 0.337. The van der Waals surface area contributed by atoms with Crippen LogP contribution in [0.5, 0.6) is 5.75 Å². The van der Waals surface area contributed by atoms with Gasteiger partial charge in [-0.15, -0.1) is 0 Å². The topological polar surface area (TPSA) is 26.3 Å². The molecule has 0 N–H and O–H groups in total. The number of rotatable bonds is 4. The molecule has 3 rings (SSSR count). The zero-order chi connectivity index (χ0) is 17.1. The van der Waals surface area contributed by atoms with E-state index in [1.807, 2.05) is 68.4 Å². The van der Waals surface area contributed by atoms with Gasteiger partial charge in [-0.1, -0.05) is 54.1 Å². The van der Waals surface area contributed by atoms with Gasteiger partial charge in [-0.2, -0.15) is 0 Å². The first-order valence-corrected chi connectivity index (χ1v) is 8.06. The van der Waals surface area contributed by atoms with Crippen molar-refractivity contribution >= 4 is 28.2 Å². The molecular weight excluding hydrogens is 320 g/mol. The van der Waals surface area contributed by atoms with Crippen LogP contribution in [0.4, 0.5) is 0 Å². The Balaban J connectivity index is 1.80. The number of halogens is 1. The summed E-state index contributed by atoms with van der Waals surface area (Å²) in [6.45, 7) is 3.85. The Kier molecular flexibility index (Phi) is 4.68. The first-order valence-electron chi connectivity index (χ1n) is 7.68. The van der Waals surface area contributed by atoms with Gasteiger partial charge in [-0.25, -0.2) is 0 Å². The maximum atomic E-state index is 12.4. The second-order valence-electron chi connectivity index (χ2n) is 5.68. The second-order valence-corrected chi connectivity index (χ2v) is 6.06. The number of carbonyl (C=O) groups is 1. The number of aryl methyl sites for hydroxylation is 2. The molecule has 0 unspecified atom stereocenters. The average Bonchev–Trinajstić information content (AvgIpc) is 2.59. The van der Waals surface area contributed by atoms with E-state index in [2.05, 4.69) is 0 Å². The zero-order valence-electron chi connectivity index (χ0n) is 13.5. The predicted molar refractivity (Wildman–Crippen MR) is 99.0 cm³/mol. The molecule has 0 atom stereocenters. The minimum atomic E-state index is -0.0887. The Morgan fingerprint density at radius 3 is 2.42 bits per heavy atom. The van der Waals surface area contributed by atoms with Crippen LogP contribution in [-0.2, 0) is 0 Å². The van der Waals surface area contributed by atoms with Crippen LogP contribution < -0.4 is 4.74 Å². The van der Waals surface area contributed by atoms with E-state index in [0.717, 1.165) is 26.9 Å². The molecule has 0 radical (unpaired) electrons. The van der Waals surface area contributed by atoms with E-state index in [-0.39, 0.29) is 5.78 Å². The molecule has 0 aliphatic carbocycles. The monoisotopic (exact) mass is 336 g/mol. The number of benzene rings is 3. The smallest absolute Gasteiger partial charge is 0.189 e. The molecule has 24 heavy (non-hydrogen) atoms. The third-order valence-electron chi connectivity index (χ3n) is 3.89. The molecule has 0 fully saturated rings. The second kappa shape index (κ2) is 6.90. The van der Waals surface area contributed by atoms with Crippen LogP contribution in [0.15, 0.2) is 66.9 Å². The van der Waals surface area contributed by atoms with Crippen LogP contribution in [0.25, 0.3) is 10.8 Å². The van der Waals surface area contributed by atoms with E-state index in [1.165, 1.54) is 12.3 Å². The van der Waals surface area contributed by atoms with Gasteiger partial charge in [0.25, 0.3) is 0 Å². The van der Waals surface area contributed by atoms with Crippen molar-refractivity contribution in [3.63, 3.8) is 0 Å². The van der Waals surface area contributed by atoms with Gasteiger partial charge in [0.15, 0.2) is 5.78 Å². The number of hydrogen-bond donors (Lipinski definition) is 0. The van der Waals surface area contributed by atoms with Gasteiger partial charge in [0.1, 0.15) is 5.75 Å². The molecule has 0 saturated carbocycles. The van der Waals surface area contributed by atoms with E-state index in [4.69, 9.17) is 16.3 Å². The van der Waals surface area contributed by atoms with Crippen LogP contribution in [0, 0.1) is 13.8 Å². The van der Waals surface area contributed by atoms with E-state index >= 15 is 0 Å². The maximum Gasteiger partial charge on any atom is 0.189 e. The van der Waals surface area contributed by atoms with Gasteiger partial charge in [0.2, 0.25) is 0 Å². The predicted octanol–water partition coefficient (Wildman–Crippen LogP) is 5.89. The molecule has 0 bridgehead atoms. The first kappa shape index (κ1) is 16.3. The van der Waals surface area contributed by atoms with Crippen molar-refractivity contribution in [1.29, 1.82) is 0 Å². The number of allylic oxidation sites excluding steroid dienone is 1. The lowest BCUT2D eigenvalue weighted by Crippen LogP contribution is -1.97. The number of ether oxygens (including phenoxy) is 1. The molecule has 0 aromatic heterocycles. The molecule has 2 nitrogen and oxygen atoms in total. The van der Waals surface area contributed by atoms with Gasteiger partial charge < -0.3 is 4.74 Å². The SMILES string of the molecule is Cc1cc(O/C=C/C(=O)c2cccc3ccccc23)cc(C)c1Cl. The van der Waals surface area contributed by atoms with Crippen molar-refractivity contribution < 1.29 is 9.53 Å². The fraction of sp³-hybridized carbons (Fsp3) is 0.0952. The number of ketones is 1. The van der Waals surface area contributed by atoms with Crippen LogP contribution >= 0.6 is 11.6 Å². The van der Waals surface area contributed by atoms with Gasteiger partial charge in [0, 0.05) is 16.7 Å². The van der Waals surface area contributed by atoms with Crippen molar-refractivity contribution in [1.82, 2.24) is 0 Å². The van der Waals surface area contributed by atoms with Gasteiger partial charge >= 0.3 is 0 Å². The van der Waals surface area contributed by atoms with Crippen LogP contribution in [-0.4, -0.2) is 5.78 Å². The zero-order valence-corrected chi connectivity index (χ0v) is 14.3. The Morgan fingerprint density at radius 2 is 1.67 bits per heavy atom. The molecule has 0 aliphatic heterocycles. The Bertz CT molecular complexity index is 913. The lowest BCUT2D eigenvalue weighted by Gasteiger charge is -2.06. The third-order valence-corrected chi connectivity index (χ3v) is 4.48. The number of carbonyl (C=O) groups excluding carboxylic acids is 1. The highest BCUT2D eigenvalue weighted by Gasteiger charge is 2.07. The summed E-state index contributed by atoms with van der Waals surface area (Å²) in [6.07, 6.45) is 2.87. The van der Waals surface area contributed by atoms with E-state index in [1.54, 1.807) is 0 Å². The van der Waals surface area contributed by atoms with Crippen LogP contribution in [0.3, 0.4) is 0 Å². The fourth-order valence-corrected chi connectivity index (χ4v) is 2.79. The summed E-state index contributed by atoms with van der Waals surface area (Å²) in [6, 6.07) is 17.2. The lowest BCUT2D eigenvalue weighted by atomic mass is 10.0. The van der Waals surface area contributed by atoms with Crippen LogP contribution in [0.1, 0.15) is 21.5 Å². The summed E-state index contributed by atoms with van der Waals surface area (Å²) in [5.74, 6) is 0.575. The lowest BCUT2D eigenvalue weighted by molar-refractivity contribution is 0.104. The molecule has 120 valence electrons. The average molecular weight is 337 g/mol. The minimum absolute atomic E-state index is 0.0887. The van der Waals surface area contributed by atoms with Crippen molar-refractivity contribution in [2.24, 2.45) is 0 Å².